The van der Waals surface area contributed by atoms with E-state index in [1.165, 1.54) is 5.56 Å². The van der Waals surface area contributed by atoms with Crippen LogP contribution in [0.3, 0.4) is 0 Å². The van der Waals surface area contributed by atoms with E-state index in [-0.39, 0.29) is 24.0 Å². The van der Waals surface area contributed by atoms with E-state index >= 15 is 0 Å². The summed E-state index contributed by atoms with van der Waals surface area (Å²) in [6, 6.07) is 24.2. The Hall–Kier alpha value is -4.16. The van der Waals surface area contributed by atoms with Gasteiger partial charge in [0.1, 0.15) is 23.2 Å². The number of carbonyl (C=O) groups excluding carboxylic acids is 1. The number of aryl methyl sites for hydroxylation is 4. The van der Waals surface area contributed by atoms with Crippen LogP contribution in [0.4, 0.5) is 0 Å². The van der Waals surface area contributed by atoms with Crippen LogP contribution < -0.4 is 5.32 Å². The van der Waals surface area contributed by atoms with Gasteiger partial charge in [-0.3, -0.25) is 4.79 Å². The maximum absolute atomic E-state index is 13.5. The van der Waals surface area contributed by atoms with E-state index in [1.54, 1.807) is 0 Å². The van der Waals surface area contributed by atoms with Crippen molar-refractivity contribution in [3.8, 4) is 0 Å². The Labute approximate surface area is 247 Å². The van der Waals surface area contributed by atoms with Crippen LogP contribution in [0.25, 0.3) is 11.0 Å². The summed E-state index contributed by atoms with van der Waals surface area (Å²) in [6.45, 7) is 10.2. The Morgan fingerprint density at radius 1 is 1.00 bits per heavy atom. The lowest BCUT2D eigenvalue weighted by Crippen LogP contribution is -2.31. The maximum atomic E-state index is 13.5. The fourth-order valence-corrected chi connectivity index (χ4v) is 5.95. The Balaban J connectivity index is 1.26. The Bertz CT molecular complexity index is 1710. The molecule has 5 aromatic rings. The Kier molecular flexibility index (Phi) is 7.50. The van der Waals surface area contributed by atoms with E-state index in [4.69, 9.17) is 13.7 Å². The topological polar surface area (TPSA) is 77.5 Å². The number of amides is 1. The van der Waals surface area contributed by atoms with Crippen LogP contribution in [-0.2, 0) is 16.0 Å². The first-order valence-electron chi connectivity index (χ1n) is 14.8. The molecule has 216 valence electrons. The van der Waals surface area contributed by atoms with Crippen molar-refractivity contribution >= 4 is 16.9 Å². The van der Waals surface area contributed by atoms with Crippen molar-refractivity contribution in [3.05, 3.63) is 123 Å². The van der Waals surface area contributed by atoms with Crippen molar-refractivity contribution in [1.29, 1.82) is 0 Å². The second kappa shape index (κ2) is 11.3. The van der Waals surface area contributed by atoms with Crippen LogP contribution in [0.1, 0.15) is 88.9 Å². The number of ether oxygens (including phenoxy) is 1. The number of aromatic nitrogens is 1. The van der Waals surface area contributed by atoms with Crippen LogP contribution in [0.5, 0.6) is 0 Å². The monoisotopic (exact) mass is 562 g/mol. The normalized spacial score (nSPS) is 15.5. The van der Waals surface area contributed by atoms with Crippen LogP contribution in [0.15, 0.2) is 81.7 Å². The van der Waals surface area contributed by atoms with E-state index in [2.05, 4.69) is 61.6 Å². The number of carbonyl (C=O) groups is 1. The molecule has 1 saturated carbocycles. The Morgan fingerprint density at radius 2 is 1.79 bits per heavy atom. The molecule has 1 amide bonds. The van der Waals surface area contributed by atoms with Gasteiger partial charge in [0.05, 0.1) is 29.3 Å². The van der Waals surface area contributed by atoms with Gasteiger partial charge >= 0.3 is 0 Å². The summed E-state index contributed by atoms with van der Waals surface area (Å²) in [5.41, 5.74) is 7.78. The van der Waals surface area contributed by atoms with Crippen LogP contribution >= 0.6 is 0 Å². The average Bonchev–Trinajstić information content (AvgIpc) is 3.50. The van der Waals surface area contributed by atoms with Gasteiger partial charge in [0.25, 0.3) is 0 Å². The highest BCUT2D eigenvalue weighted by atomic mass is 16.5. The van der Waals surface area contributed by atoms with Gasteiger partial charge in [0.15, 0.2) is 0 Å². The predicted octanol–water partition coefficient (Wildman–Crippen LogP) is 8.15. The fourth-order valence-electron chi connectivity index (χ4n) is 5.95. The van der Waals surface area contributed by atoms with Crippen molar-refractivity contribution in [2.45, 2.75) is 78.0 Å². The van der Waals surface area contributed by atoms with E-state index < -0.39 is 6.10 Å². The van der Waals surface area contributed by atoms with Crippen LogP contribution in [0.2, 0.25) is 0 Å². The molecule has 0 radical (unpaired) electrons. The minimum atomic E-state index is -0.401. The van der Waals surface area contributed by atoms with E-state index in [0.717, 1.165) is 75.3 Å². The largest absolute Gasteiger partial charge is 0.458 e. The highest BCUT2D eigenvalue weighted by molar-refractivity contribution is 5.83. The second-order valence-electron chi connectivity index (χ2n) is 11.7. The SMILES string of the molecule is CCC1(OC(c2cc3cc(CC(=O)N[C@@H](c4ccccc4)c4ccc(C)cc4C)ccc3o2)c2c(C)noc2C)CC1. The first kappa shape index (κ1) is 28.0. The third-order valence-electron chi connectivity index (χ3n) is 8.57. The zero-order valence-corrected chi connectivity index (χ0v) is 25.0. The third-order valence-corrected chi connectivity index (χ3v) is 8.57. The molecule has 0 aliphatic heterocycles. The fraction of sp³-hybridized carbons (Fsp3) is 0.333. The molecule has 1 aliphatic carbocycles. The van der Waals surface area contributed by atoms with Crippen molar-refractivity contribution in [2.75, 3.05) is 0 Å². The molecular formula is C36H38N2O4. The number of furan rings is 1. The van der Waals surface area contributed by atoms with E-state index in [0.29, 0.717) is 0 Å². The Morgan fingerprint density at radius 3 is 2.45 bits per heavy atom. The van der Waals surface area contributed by atoms with Gasteiger partial charge in [-0.25, -0.2) is 0 Å². The molecule has 2 atom stereocenters. The van der Waals surface area contributed by atoms with Gasteiger partial charge in [0.2, 0.25) is 5.91 Å². The number of rotatable bonds is 10. The van der Waals surface area contributed by atoms with Crippen molar-refractivity contribution < 1.29 is 18.5 Å². The van der Waals surface area contributed by atoms with Crippen LogP contribution in [-0.4, -0.2) is 16.7 Å². The lowest BCUT2D eigenvalue weighted by molar-refractivity contribution is -0.120. The molecule has 2 heterocycles. The van der Waals surface area contributed by atoms with Crippen molar-refractivity contribution in [2.24, 2.45) is 0 Å². The minimum absolute atomic E-state index is 0.0394. The van der Waals surface area contributed by atoms with Gasteiger partial charge < -0.3 is 19.0 Å². The second-order valence-corrected chi connectivity index (χ2v) is 11.7. The maximum Gasteiger partial charge on any atom is 0.225 e. The highest BCUT2D eigenvalue weighted by Crippen LogP contribution is 2.48. The summed E-state index contributed by atoms with van der Waals surface area (Å²) in [5.74, 6) is 1.42. The molecule has 6 heteroatoms. The molecule has 0 saturated heterocycles. The van der Waals surface area contributed by atoms with Crippen molar-refractivity contribution in [3.63, 3.8) is 0 Å². The van der Waals surface area contributed by atoms with Crippen molar-refractivity contribution in [1.82, 2.24) is 10.5 Å². The summed E-state index contributed by atoms with van der Waals surface area (Å²) in [4.78, 5) is 13.5. The molecule has 1 N–H and O–H groups in total. The molecule has 1 unspecified atom stereocenters. The summed E-state index contributed by atoms with van der Waals surface area (Å²) < 4.78 is 18.5. The average molecular weight is 563 g/mol. The molecule has 6 nitrogen and oxygen atoms in total. The van der Waals surface area contributed by atoms with Gasteiger partial charge in [-0.05, 0) is 87.4 Å². The molecular weight excluding hydrogens is 524 g/mol. The summed E-state index contributed by atoms with van der Waals surface area (Å²) >= 11 is 0. The summed E-state index contributed by atoms with van der Waals surface area (Å²) in [7, 11) is 0. The first-order chi connectivity index (χ1) is 20.2. The van der Waals surface area contributed by atoms with Crippen LogP contribution in [0, 0.1) is 27.7 Å². The summed E-state index contributed by atoms with van der Waals surface area (Å²) in [6.07, 6.45) is 2.87. The van der Waals surface area contributed by atoms with Gasteiger partial charge in [0, 0.05) is 5.39 Å². The lowest BCUT2D eigenvalue weighted by Gasteiger charge is -2.22. The number of benzene rings is 3. The minimum Gasteiger partial charge on any atom is -0.458 e. The highest BCUT2D eigenvalue weighted by Gasteiger charge is 2.46. The number of hydrogen-bond donors (Lipinski definition) is 1. The molecule has 0 bridgehead atoms. The molecule has 0 spiro atoms. The van der Waals surface area contributed by atoms with Gasteiger partial charge in [-0.1, -0.05) is 72.2 Å². The number of nitrogens with one attached hydrogen (secondary N) is 1. The lowest BCUT2D eigenvalue weighted by atomic mass is 9.93. The molecule has 1 fully saturated rings. The number of nitrogens with zero attached hydrogens (tertiary/aromatic N) is 1. The molecule has 1 aliphatic rings. The quantitative estimate of drug-likeness (QED) is 0.186. The molecule has 3 aromatic carbocycles. The zero-order valence-electron chi connectivity index (χ0n) is 25.0. The molecule has 42 heavy (non-hydrogen) atoms. The number of hydrogen-bond acceptors (Lipinski definition) is 5. The van der Waals surface area contributed by atoms with Gasteiger partial charge in [-0.15, -0.1) is 0 Å². The smallest absolute Gasteiger partial charge is 0.225 e. The third kappa shape index (κ3) is 5.64. The van der Waals surface area contributed by atoms with E-state index in [9.17, 15) is 4.79 Å². The number of fused-ring (bicyclic) bond motifs is 1. The summed E-state index contributed by atoms with van der Waals surface area (Å²) in [5, 5.41) is 8.41. The molecule has 6 rings (SSSR count). The van der Waals surface area contributed by atoms with Gasteiger partial charge in [-0.2, -0.15) is 0 Å². The first-order valence-corrected chi connectivity index (χ1v) is 14.8. The van der Waals surface area contributed by atoms with E-state index in [1.807, 2.05) is 56.3 Å². The predicted molar refractivity (Wildman–Crippen MR) is 163 cm³/mol. The zero-order chi connectivity index (χ0) is 29.4. The standard InChI is InChI=1S/C36H38N2O4/c1-6-36(16-17-36)41-35(33-24(4)38-42-25(33)5)31-21-28-19-26(13-15-30(28)40-31)20-32(39)37-34(27-10-8-7-9-11-27)29-14-12-22(2)18-23(29)3/h7-15,18-19,21,34-35H,6,16-17,20H2,1-5H3,(H,37,39)/t34-,35?/m0/s1. The molecule has 2 aromatic heterocycles.